The summed E-state index contributed by atoms with van der Waals surface area (Å²) in [5.74, 6) is 0. The van der Waals surface area contributed by atoms with E-state index in [-0.39, 0.29) is 0 Å². The average molecular weight is 284 g/mol. The Hall–Kier alpha value is 0.217. The van der Waals surface area contributed by atoms with Crippen molar-refractivity contribution >= 4 is 8.07 Å². The fourth-order valence-corrected chi connectivity index (χ4v) is 3.59. The van der Waals surface area contributed by atoms with E-state index in [0.29, 0.717) is 0 Å². The smallest absolute Gasteiger partial charge is 0.0473 e. The summed E-state index contributed by atoms with van der Waals surface area (Å²) < 4.78 is 0. The van der Waals surface area contributed by atoms with Crippen LogP contribution in [0.25, 0.3) is 0 Å². The molecule has 0 aliphatic carbocycles. The van der Waals surface area contributed by atoms with Crippen LogP contribution in [0.4, 0.5) is 0 Å². The van der Waals surface area contributed by atoms with Gasteiger partial charge in [0.25, 0.3) is 0 Å². The largest absolute Gasteiger partial charge is 0.0693 e. The van der Waals surface area contributed by atoms with Gasteiger partial charge < -0.3 is 0 Å². The molecule has 0 aliphatic heterocycles. The molecule has 0 spiro atoms. The first-order valence-electron chi connectivity index (χ1n) is 8.90. The van der Waals surface area contributed by atoms with Gasteiger partial charge in [-0.3, -0.25) is 0 Å². The molecule has 1 heteroatoms. The molecule has 0 atom stereocenters. The second kappa shape index (κ2) is 13.2. The normalized spacial score (nSPS) is 12.0. The van der Waals surface area contributed by atoms with Gasteiger partial charge in [0, 0.05) is 8.07 Å². The van der Waals surface area contributed by atoms with Crippen molar-refractivity contribution in [3.05, 3.63) is 6.04 Å². The van der Waals surface area contributed by atoms with Crippen LogP contribution in [0.15, 0.2) is 0 Å². The summed E-state index contributed by atoms with van der Waals surface area (Å²) in [5, 5.41) is 0. The molecular weight excluding hydrogens is 244 g/mol. The van der Waals surface area contributed by atoms with Gasteiger partial charge >= 0.3 is 0 Å². The van der Waals surface area contributed by atoms with Crippen LogP contribution in [0.3, 0.4) is 0 Å². The van der Waals surface area contributed by atoms with Crippen molar-refractivity contribution in [2.75, 3.05) is 0 Å². The van der Waals surface area contributed by atoms with Gasteiger partial charge in [0.1, 0.15) is 0 Å². The van der Waals surface area contributed by atoms with E-state index in [1.165, 1.54) is 83.5 Å². The number of hydrogen-bond acceptors (Lipinski definition) is 0. The average Bonchev–Trinajstić information content (AvgIpc) is 2.34. The highest BCUT2D eigenvalue weighted by atomic mass is 28.3. The van der Waals surface area contributed by atoms with Crippen molar-refractivity contribution in [2.24, 2.45) is 0 Å². The van der Waals surface area contributed by atoms with Crippen LogP contribution in [-0.2, 0) is 0 Å². The summed E-state index contributed by atoms with van der Waals surface area (Å²) in [5.41, 5.74) is 0. The van der Waals surface area contributed by atoms with E-state index in [4.69, 9.17) is 0 Å². The van der Waals surface area contributed by atoms with Crippen LogP contribution in [0, 0.1) is 6.04 Å². The van der Waals surface area contributed by atoms with Gasteiger partial charge in [-0.2, -0.15) is 0 Å². The third-order valence-corrected chi connectivity index (χ3v) is 5.33. The van der Waals surface area contributed by atoms with Gasteiger partial charge in [0.2, 0.25) is 0 Å². The maximum absolute atomic E-state index is 2.61. The second-order valence-electron chi connectivity index (χ2n) is 7.25. The molecule has 0 rings (SSSR count). The first-order chi connectivity index (χ1) is 9.06. The standard InChI is InChI=1S/C18H39Si/c1-5-6-7-8-9-10-11-12-13-14-15-16-17-18-19(2,3)4/h18H,5-17H2,1-4H3. The molecule has 0 fully saturated rings. The minimum absolute atomic E-state index is 0.882. The maximum Gasteiger partial charge on any atom is 0.0473 e. The van der Waals surface area contributed by atoms with Crippen LogP contribution in [0.2, 0.25) is 19.6 Å². The zero-order valence-electron chi connectivity index (χ0n) is 14.3. The predicted molar refractivity (Wildman–Crippen MR) is 93.3 cm³/mol. The zero-order chi connectivity index (χ0) is 14.4. The molecule has 0 aromatic heterocycles. The SMILES string of the molecule is CCCCCCCCCCCCCC[CH][Si](C)(C)C. The van der Waals surface area contributed by atoms with E-state index in [0.717, 1.165) is 0 Å². The van der Waals surface area contributed by atoms with Gasteiger partial charge in [0.15, 0.2) is 0 Å². The van der Waals surface area contributed by atoms with Crippen molar-refractivity contribution in [1.82, 2.24) is 0 Å². The Morgan fingerprint density at radius 2 is 0.947 bits per heavy atom. The number of hydrogen-bond donors (Lipinski definition) is 0. The molecule has 0 aromatic rings. The number of rotatable bonds is 14. The van der Waals surface area contributed by atoms with Crippen LogP contribution < -0.4 is 0 Å². The van der Waals surface area contributed by atoms with Crippen molar-refractivity contribution in [3.63, 3.8) is 0 Å². The van der Waals surface area contributed by atoms with E-state index >= 15 is 0 Å². The lowest BCUT2D eigenvalue weighted by atomic mass is 10.1. The third-order valence-electron chi connectivity index (χ3n) is 3.81. The lowest BCUT2D eigenvalue weighted by Gasteiger charge is -2.14. The Morgan fingerprint density at radius 3 is 1.32 bits per heavy atom. The molecule has 0 nitrogen and oxygen atoms in total. The van der Waals surface area contributed by atoms with E-state index in [1.807, 2.05) is 0 Å². The topological polar surface area (TPSA) is 0 Å². The van der Waals surface area contributed by atoms with E-state index in [2.05, 4.69) is 32.6 Å². The quantitative estimate of drug-likeness (QED) is 0.234. The third kappa shape index (κ3) is 18.2. The highest BCUT2D eigenvalue weighted by Gasteiger charge is 2.11. The molecule has 0 aromatic carbocycles. The molecule has 0 unspecified atom stereocenters. The molecule has 0 saturated heterocycles. The molecule has 0 amide bonds. The Labute approximate surface area is 124 Å². The van der Waals surface area contributed by atoms with E-state index in [1.54, 1.807) is 0 Å². The van der Waals surface area contributed by atoms with Gasteiger partial charge in [-0.15, -0.1) is 0 Å². The minimum atomic E-state index is -0.882. The fourth-order valence-electron chi connectivity index (χ4n) is 2.52. The summed E-state index contributed by atoms with van der Waals surface area (Å²) in [6, 6.07) is 2.61. The van der Waals surface area contributed by atoms with Crippen LogP contribution in [-0.4, -0.2) is 8.07 Å². The lowest BCUT2D eigenvalue weighted by molar-refractivity contribution is 0.544. The molecule has 19 heavy (non-hydrogen) atoms. The maximum atomic E-state index is 2.61. The summed E-state index contributed by atoms with van der Waals surface area (Å²) in [6.07, 6.45) is 18.9. The molecule has 0 N–H and O–H groups in total. The molecule has 1 radical (unpaired) electrons. The minimum Gasteiger partial charge on any atom is -0.0693 e. The van der Waals surface area contributed by atoms with E-state index < -0.39 is 8.07 Å². The Morgan fingerprint density at radius 1 is 0.579 bits per heavy atom. The van der Waals surface area contributed by atoms with Gasteiger partial charge in [0.05, 0.1) is 0 Å². The van der Waals surface area contributed by atoms with Crippen LogP contribution in [0.1, 0.15) is 90.4 Å². The fraction of sp³-hybridized carbons (Fsp3) is 0.944. The molecule has 115 valence electrons. The summed E-state index contributed by atoms with van der Waals surface area (Å²) >= 11 is 0. The van der Waals surface area contributed by atoms with Crippen molar-refractivity contribution in [1.29, 1.82) is 0 Å². The Bertz CT molecular complexity index is 169. The molecule has 0 bridgehead atoms. The summed E-state index contributed by atoms with van der Waals surface area (Å²) in [4.78, 5) is 0. The Balaban J connectivity index is 2.99. The number of unbranched alkanes of at least 4 members (excludes halogenated alkanes) is 12. The highest BCUT2D eigenvalue weighted by molar-refractivity contribution is 6.79. The van der Waals surface area contributed by atoms with E-state index in [9.17, 15) is 0 Å². The molecule has 0 aliphatic rings. The highest BCUT2D eigenvalue weighted by Crippen LogP contribution is 2.15. The molecule has 0 saturated carbocycles. The summed E-state index contributed by atoms with van der Waals surface area (Å²) in [7, 11) is -0.882. The monoisotopic (exact) mass is 283 g/mol. The second-order valence-corrected chi connectivity index (χ2v) is 12.4. The van der Waals surface area contributed by atoms with Gasteiger partial charge in [-0.25, -0.2) is 0 Å². The Kier molecular flexibility index (Phi) is 13.4. The van der Waals surface area contributed by atoms with Crippen molar-refractivity contribution in [3.8, 4) is 0 Å². The van der Waals surface area contributed by atoms with Crippen LogP contribution >= 0.6 is 0 Å². The van der Waals surface area contributed by atoms with Crippen molar-refractivity contribution in [2.45, 2.75) is 110 Å². The molecule has 0 heterocycles. The lowest BCUT2D eigenvalue weighted by Crippen LogP contribution is -2.20. The van der Waals surface area contributed by atoms with Crippen LogP contribution in [0.5, 0.6) is 0 Å². The van der Waals surface area contributed by atoms with Gasteiger partial charge in [-0.05, 0) is 6.04 Å². The summed E-state index contributed by atoms with van der Waals surface area (Å²) in [6.45, 7) is 9.61. The van der Waals surface area contributed by atoms with Crippen molar-refractivity contribution < 1.29 is 0 Å². The first-order valence-corrected chi connectivity index (χ1v) is 12.5. The van der Waals surface area contributed by atoms with Gasteiger partial charge in [-0.1, -0.05) is 110 Å². The zero-order valence-corrected chi connectivity index (χ0v) is 15.3. The first kappa shape index (κ1) is 19.2. The predicted octanol–water partition coefficient (Wildman–Crippen LogP) is 7.16. The molecular formula is C18H39Si.